The lowest BCUT2D eigenvalue weighted by molar-refractivity contribution is -0.132. The molecule has 140 valence electrons. The Labute approximate surface area is 160 Å². The Hall–Kier alpha value is -2.62. The molecule has 0 aromatic heterocycles. The molecule has 4 nitrogen and oxygen atoms in total. The number of anilines is 1. The van der Waals surface area contributed by atoms with Crippen molar-refractivity contribution >= 4 is 17.5 Å². The summed E-state index contributed by atoms with van der Waals surface area (Å²) in [5.41, 5.74) is 4.50. The quantitative estimate of drug-likeness (QED) is 0.828. The van der Waals surface area contributed by atoms with E-state index in [-0.39, 0.29) is 17.2 Å². The fourth-order valence-corrected chi connectivity index (χ4v) is 4.18. The predicted octanol–water partition coefficient (Wildman–Crippen LogP) is 3.50. The highest BCUT2D eigenvalue weighted by atomic mass is 16.2. The third kappa shape index (κ3) is 3.48. The van der Waals surface area contributed by atoms with Crippen molar-refractivity contribution in [2.45, 2.75) is 38.5 Å². The van der Waals surface area contributed by atoms with Crippen LogP contribution in [0.2, 0.25) is 0 Å². The van der Waals surface area contributed by atoms with Crippen LogP contribution in [-0.4, -0.2) is 24.9 Å². The number of benzene rings is 2. The number of nitrogens with one attached hydrogen (secondary N) is 1. The summed E-state index contributed by atoms with van der Waals surface area (Å²) in [4.78, 5) is 27.3. The molecule has 1 saturated carbocycles. The average Bonchev–Trinajstić information content (AvgIpc) is 3.35. The fraction of sp³-hybridized carbons (Fsp3) is 0.391. The molecule has 2 fully saturated rings. The maximum atomic E-state index is 12.8. The summed E-state index contributed by atoms with van der Waals surface area (Å²) in [6.07, 6.45) is 2.76. The molecule has 1 N–H and O–H groups in total. The van der Waals surface area contributed by atoms with Gasteiger partial charge in [-0.05, 0) is 61.9 Å². The van der Waals surface area contributed by atoms with Crippen LogP contribution >= 0.6 is 0 Å². The summed E-state index contributed by atoms with van der Waals surface area (Å²) in [5.74, 6) is -0.784. The molecule has 1 heterocycles. The van der Waals surface area contributed by atoms with Crippen molar-refractivity contribution in [1.29, 1.82) is 0 Å². The van der Waals surface area contributed by atoms with Gasteiger partial charge in [-0.1, -0.05) is 36.4 Å². The standard InChI is InChI=1S/C23H26N2O2/c1-16-12-17(2)14-19(13-16)25-11-8-20(22(25)27)21(26)24-15-23(9-10-23)18-6-4-3-5-7-18/h3-7,12-14,20H,8-11,15H2,1-2H3,(H,24,26). The van der Waals surface area contributed by atoms with Crippen LogP contribution in [0.4, 0.5) is 5.69 Å². The van der Waals surface area contributed by atoms with Gasteiger partial charge in [-0.25, -0.2) is 0 Å². The molecule has 1 unspecified atom stereocenters. The van der Waals surface area contributed by atoms with E-state index < -0.39 is 5.92 Å². The highest BCUT2D eigenvalue weighted by Gasteiger charge is 2.45. The Morgan fingerprint density at radius 3 is 2.41 bits per heavy atom. The van der Waals surface area contributed by atoms with Crippen LogP contribution in [0.3, 0.4) is 0 Å². The third-order valence-electron chi connectivity index (χ3n) is 5.88. The summed E-state index contributed by atoms with van der Waals surface area (Å²) in [6.45, 7) is 5.27. The van der Waals surface area contributed by atoms with E-state index in [1.165, 1.54) is 5.56 Å². The van der Waals surface area contributed by atoms with Gasteiger partial charge in [0.1, 0.15) is 5.92 Å². The van der Waals surface area contributed by atoms with Crippen LogP contribution in [0.5, 0.6) is 0 Å². The molecule has 1 atom stereocenters. The van der Waals surface area contributed by atoms with Crippen molar-refractivity contribution in [1.82, 2.24) is 5.32 Å². The topological polar surface area (TPSA) is 49.4 Å². The molecule has 0 spiro atoms. The van der Waals surface area contributed by atoms with Gasteiger partial charge in [0, 0.05) is 24.2 Å². The van der Waals surface area contributed by atoms with Crippen LogP contribution in [-0.2, 0) is 15.0 Å². The third-order valence-corrected chi connectivity index (χ3v) is 5.88. The number of rotatable bonds is 5. The minimum atomic E-state index is -0.572. The van der Waals surface area contributed by atoms with Crippen LogP contribution in [0.15, 0.2) is 48.5 Å². The van der Waals surface area contributed by atoms with E-state index in [9.17, 15) is 9.59 Å². The van der Waals surface area contributed by atoms with Crippen molar-refractivity contribution in [3.05, 3.63) is 65.2 Å². The van der Waals surface area contributed by atoms with Crippen LogP contribution in [0, 0.1) is 19.8 Å². The molecule has 4 heteroatoms. The van der Waals surface area contributed by atoms with Gasteiger partial charge < -0.3 is 10.2 Å². The average molecular weight is 362 g/mol. The molecule has 0 radical (unpaired) electrons. The van der Waals surface area contributed by atoms with Gasteiger partial charge in [0.2, 0.25) is 11.8 Å². The van der Waals surface area contributed by atoms with Crippen molar-refractivity contribution in [2.24, 2.45) is 5.92 Å². The zero-order chi connectivity index (χ0) is 19.0. The summed E-state index contributed by atoms with van der Waals surface area (Å²) in [5, 5.41) is 3.06. The van der Waals surface area contributed by atoms with Crippen molar-refractivity contribution < 1.29 is 9.59 Å². The maximum absolute atomic E-state index is 12.8. The molecule has 4 rings (SSSR count). The summed E-state index contributed by atoms with van der Waals surface area (Å²) in [7, 11) is 0. The molecule has 1 aliphatic carbocycles. The molecule has 2 aliphatic rings. The van der Waals surface area contributed by atoms with Gasteiger partial charge >= 0.3 is 0 Å². The van der Waals surface area contributed by atoms with Crippen LogP contribution < -0.4 is 10.2 Å². The first-order valence-corrected chi connectivity index (χ1v) is 9.71. The number of aryl methyl sites for hydroxylation is 2. The van der Waals surface area contributed by atoms with E-state index in [1.807, 2.05) is 44.2 Å². The van der Waals surface area contributed by atoms with Crippen molar-refractivity contribution in [2.75, 3.05) is 18.0 Å². The number of amides is 2. The van der Waals surface area contributed by atoms with Crippen molar-refractivity contribution in [3.8, 4) is 0 Å². The van der Waals surface area contributed by atoms with E-state index in [1.54, 1.807) is 4.90 Å². The van der Waals surface area contributed by atoms with E-state index in [0.29, 0.717) is 19.5 Å². The highest BCUT2D eigenvalue weighted by molar-refractivity contribution is 6.09. The van der Waals surface area contributed by atoms with Gasteiger partial charge in [-0.3, -0.25) is 9.59 Å². The van der Waals surface area contributed by atoms with Gasteiger partial charge in [0.15, 0.2) is 0 Å². The lowest BCUT2D eigenvalue weighted by Gasteiger charge is -2.20. The number of hydrogen-bond donors (Lipinski definition) is 1. The lowest BCUT2D eigenvalue weighted by Crippen LogP contribution is -2.40. The molecular formula is C23H26N2O2. The van der Waals surface area contributed by atoms with E-state index in [0.717, 1.165) is 29.7 Å². The molecule has 2 aromatic rings. The Balaban J connectivity index is 1.41. The molecular weight excluding hydrogens is 336 g/mol. The molecule has 2 aromatic carbocycles. The molecule has 0 bridgehead atoms. The zero-order valence-corrected chi connectivity index (χ0v) is 16.0. The molecule has 1 aliphatic heterocycles. The Bertz CT molecular complexity index is 851. The van der Waals surface area contributed by atoms with Gasteiger partial charge in [-0.2, -0.15) is 0 Å². The number of carbonyl (C=O) groups is 2. The van der Waals surface area contributed by atoms with Crippen LogP contribution in [0.25, 0.3) is 0 Å². The Kier molecular flexibility index (Phi) is 4.50. The second-order valence-corrected chi connectivity index (χ2v) is 8.04. The molecule has 27 heavy (non-hydrogen) atoms. The SMILES string of the molecule is Cc1cc(C)cc(N2CCC(C(=O)NCC3(c4ccccc4)CC3)C2=O)c1. The summed E-state index contributed by atoms with van der Waals surface area (Å²) < 4.78 is 0. The second-order valence-electron chi connectivity index (χ2n) is 8.04. The molecule has 2 amide bonds. The van der Waals surface area contributed by atoms with Gasteiger partial charge in [-0.15, -0.1) is 0 Å². The van der Waals surface area contributed by atoms with Crippen molar-refractivity contribution in [3.63, 3.8) is 0 Å². The summed E-state index contributed by atoms with van der Waals surface area (Å²) in [6, 6.07) is 16.5. The summed E-state index contributed by atoms with van der Waals surface area (Å²) >= 11 is 0. The number of carbonyl (C=O) groups excluding carboxylic acids is 2. The van der Waals surface area contributed by atoms with Crippen LogP contribution in [0.1, 0.15) is 36.0 Å². The maximum Gasteiger partial charge on any atom is 0.239 e. The van der Waals surface area contributed by atoms with E-state index in [4.69, 9.17) is 0 Å². The number of hydrogen-bond acceptors (Lipinski definition) is 2. The number of nitrogens with zero attached hydrogens (tertiary/aromatic N) is 1. The van der Waals surface area contributed by atoms with Gasteiger partial charge in [0.25, 0.3) is 0 Å². The first-order valence-electron chi connectivity index (χ1n) is 9.71. The highest BCUT2D eigenvalue weighted by Crippen LogP contribution is 2.47. The molecule has 1 saturated heterocycles. The first kappa shape index (κ1) is 17.8. The largest absolute Gasteiger partial charge is 0.355 e. The van der Waals surface area contributed by atoms with Gasteiger partial charge in [0.05, 0.1) is 0 Å². The smallest absolute Gasteiger partial charge is 0.239 e. The first-order chi connectivity index (χ1) is 13.0. The second kappa shape index (κ2) is 6.84. The monoisotopic (exact) mass is 362 g/mol. The van der Waals surface area contributed by atoms with E-state index >= 15 is 0 Å². The normalized spacial score (nSPS) is 20.6. The van der Waals surface area contributed by atoms with E-state index in [2.05, 4.69) is 23.5 Å². The minimum Gasteiger partial charge on any atom is -0.355 e. The minimum absolute atomic E-state index is 0.0614. The Morgan fingerprint density at radius 2 is 1.78 bits per heavy atom. The lowest BCUT2D eigenvalue weighted by atomic mass is 9.95. The zero-order valence-electron chi connectivity index (χ0n) is 16.0. The predicted molar refractivity (Wildman–Crippen MR) is 107 cm³/mol. The fourth-order valence-electron chi connectivity index (χ4n) is 4.18. The Morgan fingerprint density at radius 1 is 1.11 bits per heavy atom.